The molecule has 0 spiro atoms. The minimum atomic E-state index is -3.31. The van der Waals surface area contributed by atoms with Crippen molar-refractivity contribution < 1.29 is 13.2 Å². The predicted molar refractivity (Wildman–Crippen MR) is 105 cm³/mol. The number of carbonyl (C=O) groups is 1. The molecule has 144 valence electrons. The van der Waals surface area contributed by atoms with Crippen LogP contribution in [0.1, 0.15) is 49.7 Å². The van der Waals surface area contributed by atoms with Crippen LogP contribution in [0.15, 0.2) is 35.9 Å². The maximum absolute atomic E-state index is 12.1. The van der Waals surface area contributed by atoms with Crippen LogP contribution in [0.4, 0.5) is 0 Å². The van der Waals surface area contributed by atoms with E-state index < -0.39 is 10.0 Å². The first-order valence-electron chi connectivity index (χ1n) is 9.30. The zero-order valence-corrected chi connectivity index (χ0v) is 16.6. The first-order chi connectivity index (χ1) is 12.4. The van der Waals surface area contributed by atoms with Gasteiger partial charge in [-0.25, -0.2) is 12.7 Å². The van der Waals surface area contributed by atoms with E-state index in [0.29, 0.717) is 13.1 Å². The van der Waals surface area contributed by atoms with Gasteiger partial charge in [0.15, 0.2) is 0 Å². The van der Waals surface area contributed by atoms with E-state index in [1.165, 1.54) is 29.0 Å². The predicted octanol–water partition coefficient (Wildman–Crippen LogP) is 3.15. The van der Waals surface area contributed by atoms with Crippen LogP contribution in [-0.2, 0) is 21.4 Å². The van der Waals surface area contributed by atoms with Crippen molar-refractivity contribution in [2.75, 3.05) is 19.3 Å². The first-order valence-corrected chi connectivity index (χ1v) is 11.2. The van der Waals surface area contributed by atoms with E-state index in [0.717, 1.165) is 30.4 Å². The van der Waals surface area contributed by atoms with Crippen molar-refractivity contribution in [3.8, 4) is 0 Å². The van der Waals surface area contributed by atoms with Gasteiger partial charge < -0.3 is 5.32 Å². The Balaban J connectivity index is 1.81. The van der Waals surface area contributed by atoms with Crippen LogP contribution < -0.4 is 5.32 Å². The summed E-state index contributed by atoms with van der Waals surface area (Å²) in [5.41, 5.74) is 3.55. The Morgan fingerprint density at radius 2 is 1.96 bits per heavy atom. The SMILES string of the molecule is Cc1ccccc1CNC(=O)CCN(CCC1=CCCCC1)S(C)(=O)=O. The molecule has 0 radical (unpaired) electrons. The lowest BCUT2D eigenvalue weighted by molar-refractivity contribution is -0.121. The highest BCUT2D eigenvalue weighted by Crippen LogP contribution is 2.20. The average Bonchev–Trinajstić information content (AvgIpc) is 2.60. The Morgan fingerprint density at radius 3 is 2.62 bits per heavy atom. The topological polar surface area (TPSA) is 66.5 Å². The number of rotatable bonds is 9. The Morgan fingerprint density at radius 1 is 1.19 bits per heavy atom. The largest absolute Gasteiger partial charge is 0.352 e. The quantitative estimate of drug-likeness (QED) is 0.671. The summed E-state index contributed by atoms with van der Waals surface area (Å²) in [7, 11) is -3.31. The summed E-state index contributed by atoms with van der Waals surface area (Å²) in [5, 5.41) is 2.88. The van der Waals surface area contributed by atoms with Crippen molar-refractivity contribution in [3.63, 3.8) is 0 Å². The van der Waals surface area contributed by atoms with Crippen LogP contribution in [0.2, 0.25) is 0 Å². The molecular weight excluding hydrogens is 348 g/mol. The number of benzene rings is 1. The van der Waals surface area contributed by atoms with Crippen LogP contribution in [0.3, 0.4) is 0 Å². The normalized spacial score (nSPS) is 15.0. The van der Waals surface area contributed by atoms with Crippen molar-refractivity contribution in [1.82, 2.24) is 9.62 Å². The van der Waals surface area contributed by atoms with Gasteiger partial charge in [-0.3, -0.25) is 4.79 Å². The molecule has 1 aromatic rings. The lowest BCUT2D eigenvalue weighted by Gasteiger charge is -2.21. The summed E-state index contributed by atoms with van der Waals surface area (Å²) < 4.78 is 25.5. The number of aryl methyl sites for hydroxylation is 1. The Bertz CT molecular complexity index is 741. The van der Waals surface area contributed by atoms with Gasteiger partial charge in [0.2, 0.25) is 15.9 Å². The third-order valence-corrected chi connectivity index (χ3v) is 6.17. The maximum Gasteiger partial charge on any atom is 0.221 e. The molecule has 5 nitrogen and oxygen atoms in total. The van der Waals surface area contributed by atoms with Crippen LogP contribution in [0.25, 0.3) is 0 Å². The summed E-state index contributed by atoms with van der Waals surface area (Å²) in [5.74, 6) is -0.126. The van der Waals surface area contributed by atoms with Crippen LogP contribution in [0.5, 0.6) is 0 Å². The molecule has 6 heteroatoms. The number of amides is 1. The van der Waals surface area contributed by atoms with E-state index in [1.807, 2.05) is 31.2 Å². The molecular formula is C20H30N2O3S. The van der Waals surface area contributed by atoms with E-state index in [9.17, 15) is 13.2 Å². The van der Waals surface area contributed by atoms with Gasteiger partial charge >= 0.3 is 0 Å². The van der Waals surface area contributed by atoms with Crippen LogP contribution >= 0.6 is 0 Å². The molecule has 1 aromatic carbocycles. The fraction of sp³-hybridized carbons (Fsp3) is 0.550. The molecule has 0 unspecified atom stereocenters. The second kappa shape index (κ2) is 9.88. The lowest BCUT2D eigenvalue weighted by Crippen LogP contribution is -2.35. The van der Waals surface area contributed by atoms with E-state index in [4.69, 9.17) is 0 Å². The van der Waals surface area contributed by atoms with Crippen molar-refractivity contribution in [3.05, 3.63) is 47.0 Å². The van der Waals surface area contributed by atoms with E-state index >= 15 is 0 Å². The molecule has 2 rings (SSSR count). The fourth-order valence-electron chi connectivity index (χ4n) is 3.16. The number of nitrogens with one attached hydrogen (secondary N) is 1. The third kappa shape index (κ3) is 6.92. The van der Waals surface area contributed by atoms with Gasteiger partial charge in [-0.15, -0.1) is 0 Å². The molecule has 0 aliphatic heterocycles. The first kappa shape index (κ1) is 20.6. The monoisotopic (exact) mass is 378 g/mol. The summed E-state index contributed by atoms with van der Waals surface area (Å²) in [6, 6.07) is 7.90. The molecule has 1 aliphatic rings. The Kier molecular flexibility index (Phi) is 7.85. The number of carbonyl (C=O) groups excluding carboxylic acids is 1. The molecule has 0 aromatic heterocycles. The van der Waals surface area contributed by atoms with E-state index in [2.05, 4.69) is 11.4 Å². The molecule has 0 fully saturated rings. The summed E-state index contributed by atoms with van der Waals surface area (Å²) in [6.45, 7) is 3.16. The maximum atomic E-state index is 12.1. The molecule has 0 saturated heterocycles. The molecule has 0 bridgehead atoms. The Hall–Kier alpha value is -1.66. The summed E-state index contributed by atoms with van der Waals surface area (Å²) in [4.78, 5) is 12.1. The summed E-state index contributed by atoms with van der Waals surface area (Å²) >= 11 is 0. The lowest BCUT2D eigenvalue weighted by atomic mass is 9.97. The van der Waals surface area contributed by atoms with Gasteiger partial charge in [0.1, 0.15) is 0 Å². The number of nitrogens with zero attached hydrogens (tertiary/aromatic N) is 1. The van der Waals surface area contributed by atoms with E-state index in [1.54, 1.807) is 0 Å². The Labute approximate surface area is 157 Å². The van der Waals surface area contributed by atoms with Crippen molar-refractivity contribution in [2.24, 2.45) is 0 Å². The molecule has 0 saturated carbocycles. The van der Waals surface area contributed by atoms with Crippen LogP contribution in [0, 0.1) is 6.92 Å². The number of hydrogen-bond donors (Lipinski definition) is 1. The van der Waals surface area contributed by atoms with Crippen molar-refractivity contribution in [1.29, 1.82) is 0 Å². The standard InChI is InChI=1S/C20H30N2O3S/c1-17-8-6-7-11-19(17)16-21-20(23)13-15-22(26(2,24)25)14-12-18-9-4-3-5-10-18/h6-9,11H,3-5,10,12-16H2,1-2H3,(H,21,23). The zero-order valence-electron chi connectivity index (χ0n) is 15.8. The smallest absolute Gasteiger partial charge is 0.221 e. The highest BCUT2D eigenvalue weighted by atomic mass is 32.2. The molecule has 1 amide bonds. The number of allylic oxidation sites excluding steroid dienone is 1. The number of hydrogen-bond acceptors (Lipinski definition) is 3. The zero-order chi connectivity index (χ0) is 19.0. The highest BCUT2D eigenvalue weighted by molar-refractivity contribution is 7.88. The van der Waals surface area contributed by atoms with Gasteiger partial charge in [-0.1, -0.05) is 35.9 Å². The fourth-order valence-corrected chi connectivity index (χ4v) is 4.01. The van der Waals surface area contributed by atoms with Crippen molar-refractivity contribution in [2.45, 2.75) is 52.0 Å². The van der Waals surface area contributed by atoms with Crippen molar-refractivity contribution >= 4 is 15.9 Å². The van der Waals surface area contributed by atoms with Gasteiger partial charge in [0.25, 0.3) is 0 Å². The average molecular weight is 379 g/mol. The van der Waals surface area contributed by atoms with Gasteiger partial charge in [0.05, 0.1) is 6.26 Å². The molecule has 1 N–H and O–H groups in total. The second-order valence-corrected chi connectivity index (χ2v) is 8.96. The van der Waals surface area contributed by atoms with Gasteiger partial charge in [0, 0.05) is 26.1 Å². The second-order valence-electron chi connectivity index (χ2n) is 6.97. The van der Waals surface area contributed by atoms with Gasteiger partial charge in [-0.05, 0) is 50.2 Å². The van der Waals surface area contributed by atoms with Gasteiger partial charge in [-0.2, -0.15) is 0 Å². The summed E-state index contributed by atoms with van der Waals surface area (Å²) in [6.07, 6.45) is 8.96. The van der Waals surface area contributed by atoms with Crippen LogP contribution in [-0.4, -0.2) is 38.0 Å². The molecule has 0 atom stereocenters. The highest BCUT2D eigenvalue weighted by Gasteiger charge is 2.18. The van der Waals surface area contributed by atoms with E-state index in [-0.39, 0.29) is 18.9 Å². The number of sulfonamides is 1. The minimum Gasteiger partial charge on any atom is -0.352 e. The molecule has 26 heavy (non-hydrogen) atoms. The third-order valence-electron chi connectivity index (χ3n) is 4.86. The molecule has 0 heterocycles. The minimum absolute atomic E-state index is 0.126. The molecule has 1 aliphatic carbocycles.